The predicted octanol–water partition coefficient (Wildman–Crippen LogP) is 4.47. The van der Waals surface area contributed by atoms with Gasteiger partial charge in [-0.3, -0.25) is 0 Å². The number of aliphatic hydroxyl groups is 2. The van der Waals surface area contributed by atoms with E-state index in [1.165, 1.54) is 19.3 Å². The lowest BCUT2D eigenvalue weighted by Gasteiger charge is -2.59. The Bertz CT molecular complexity index is 449. The molecule has 126 valence electrons. The highest BCUT2D eigenvalue weighted by Gasteiger charge is 2.54. The molecule has 5 atom stereocenters. The van der Waals surface area contributed by atoms with Crippen molar-refractivity contribution >= 4 is 0 Å². The van der Waals surface area contributed by atoms with E-state index in [0.717, 1.165) is 18.4 Å². The lowest BCUT2D eigenvalue weighted by Crippen LogP contribution is -2.53. The molecule has 0 spiro atoms. The Kier molecular flexibility index (Phi) is 4.68. The van der Waals surface area contributed by atoms with Crippen LogP contribution in [0.15, 0.2) is 24.8 Å². The Morgan fingerprint density at radius 3 is 2.55 bits per heavy atom. The molecule has 2 fully saturated rings. The van der Waals surface area contributed by atoms with Gasteiger partial charge in [-0.25, -0.2) is 0 Å². The maximum Gasteiger partial charge on any atom is 0.0797 e. The Labute approximate surface area is 136 Å². The van der Waals surface area contributed by atoms with E-state index in [2.05, 4.69) is 33.9 Å². The summed E-state index contributed by atoms with van der Waals surface area (Å²) in [6.07, 6.45) is 7.31. The van der Waals surface area contributed by atoms with Gasteiger partial charge in [0.2, 0.25) is 0 Å². The van der Waals surface area contributed by atoms with Crippen LogP contribution < -0.4 is 0 Å². The largest absolute Gasteiger partial charge is 0.389 e. The second kappa shape index (κ2) is 5.79. The fraction of sp³-hybridized carbons (Fsp3) is 0.800. The molecule has 0 aromatic heterocycles. The highest BCUT2D eigenvalue weighted by Crippen LogP contribution is 2.61. The molecule has 0 radical (unpaired) electrons. The molecule has 0 amide bonds. The molecule has 0 saturated heterocycles. The molecule has 2 aliphatic carbocycles. The number of aliphatic hydroxyl groups excluding tert-OH is 1. The third-order valence-electron chi connectivity index (χ3n) is 6.79. The van der Waals surface area contributed by atoms with E-state index in [4.69, 9.17) is 0 Å². The zero-order valence-corrected chi connectivity index (χ0v) is 14.9. The second-order valence-electron chi connectivity index (χ2n) is 8.88. The van der Waals surface area contributed by atoms with Crippen LogP contribution >= 0.6 is 0 Å². The van der Waals surface area contributed by atoms with Crippen molar-refractivity contribution in [3.8, 4) is 0 Å². The summed E-state index contributed by atoms with van der Waals surface area (Å²) in [5.74, 6) is 0.806. The first-order valence-corrected chi connectivity index (χ1v) is 8.76. The van der Waals surface area contributed by atoms with Crippen LogP contribution in [0.1, 0.15) is 66.2 Å². The molecule has 2 saturated carbocycles. The van der Waals surface area contributed by atoms with Crippen LogP contribution in [-0.4, -0.2) is 21.9 Å². The Hall–Kier alpha value is -0.600. The van der Waals surface area contributed by atoms with E-state index >= 15 is 0 Å². The average Bonchev–Trinajstić information content (AvgIpc) is 2.41. The van der Waals surface area contributed by atoms with Gasteiger partial charge in [-0.05, 0) is 67.3 Å². The molecule has 2 nitrogen and oxygen atoms in total. The van der Waals surface area contributed by atoms with Gasteiger partial charge in [0.25, 0.3) is 0 Å². The maximum absolute atomic E-state index is 10.5. The van der Waals surface area contributed by atoms with Gasteiger partial charge >= 0.3 is 0 Å². The van der Waals surface area contributed by atoms with E-state index in [1.807, 2.05) is 6.92 Å². The minimum atomic E-state index is -0.835. The van der Waals surface area contributed by atoms with E-state index in [1.54, 1.807) is 6.08 Å². The SMILES string of the molecule is C=C[C@](C)(O)CC[C@@H]1C(=C)[C@H](O)C[C@@H]2C(C)(C)CCC[C@]12C. The zero-order chi connectivity index (χ0) is 16.8. The Balaban J connectivity index is 2.28. The summed E-state index contributed by atoms with van der Waals surface area (Å²) < 4.78 is 0. The van der Waals surface area contributed by atoms with Gasteiger partial charge in [0.05, 0.1) is 11.7 Å². The molecule has 2 aliphatic rings. The second-order valence-corrected chi connectivity index (χ2v) is 8.88. The first-order valence-electron chi connectivity index (χ1n) is 8.76. The standard InChI is InChI=1S/C20H34O2/c1-7-19(5,22)12-9-15-14(2)16(21)13-17-18(3,4)10-8-11-20(15,17)6/h7,15-17,21-22H,1-2,8-13H2,3-6H3/t15-,16-,17-,19+,20-/m1/s1. The van der Waals surface area contributed by atoms with Crippen molar-refractivity contribution in [3.05, 3.63) is 24.8 Å². The summed E-state index contributed by atoms with van der Waals surface area (Å²) >= 11 is 0. The van der Waals surface area contributed by atoms with Crippen molar-refractivity contribution < 1.29 is 10.2 Å². The summed E-state index contributed by atoms with van der Waals surface area (Å²) in [6.45, 7) is 16.9. The molecular weight excluding hydrogens is 272 g/mol. The van der Waals surface area contributed by atoms with Crippen LogP contribution in [0, 0.1) is 22.7 Å². The minimum Gasteiger partial charge on any atom is -0.389 e. The quantitative estimate of drug-likeness (QED) is 0.752. The van der Waals surface area contributed by atoms with Gasteiger partial charge in [0.1, 0.15) is 0 Å². The average molecular weight is 306 g/mol. The molecule has 22 heavy (non-hydrogen) atoms. The van der Waals surface area contributed by atoms with Crippen molar-refractivity contribution in [1.29, 1.82) is 0 Å². The fourth-order valence-electron chi connectivity index (χ4n) is 5.26. The highest BCUT2D eigenvalue weighted by atomic mass is 16.3. The van der Waals surface area contributed by atoms with E-state index in [0.29, 0.717) is 12.3 Å². The predicted molar refractivity (Wildman–Crippen MR) is 92.5 cm³/mol. The first kappa shape index (κ1) is 17.7. The fourth-order valence-corrected chi connectivity index (χ4v) is 5.26. The summed E-state index contributed by atoms with van der Waals surface area (Å²) in [5.41, 5.74) is 0.610. The van der Waals surface area contributed by atoms with Gasteiger partial charge < -0.3 is 10.2 Å². The van der Waals surface area contributed by atoms with Crippen molar-refractivity contribution in [3.63, 3.8) is 0 Å². The number of hydrogen-bond donors (Lipinski definition) is 2. The van der Waals surface area contributed by atoms with Crippen LogP contribution in [0.25, 0.3) is 0 Å². The van der Waals surface area contributed by atoms with Crippen molar-refractivity contribution in [2.45, 2.75) is 77.9 Å². The summed E-state index contributed by atoms with van der Waals surface area (Å²) in [4.78, 5) is 0. The third-order valence-corrected chi connectivity index (χ3v) is 6.79. The summed E-state index contributed by atoms with van der Waals surface area (Å²) in [6, 6.07) is 0. The van der Waals surface area contributed by atoms with Crippen molar-refractivity contribution in [2.24, 2.45) is 22.7 Å². The zero-order valence-electron chi connectivity index (χ0n) is 14.9. The van der Waals surface area contributed by atoms with Crippen molar-refractivity contribution in [2.75, 3.05) is 0 Å². The topological polar surface area (TPSA) is 40.5 Å². The Morgan fingerprint density at radius 2 is 1.95 bits per heavy atom. The van der Waals surface area contributed by atoms with Crippen LogP contribution in [-0.2, 0) is 0 Å². The van der Waals surface area contributed by atoms with E-state index in [9.17, 15) is 10.2 Å². The molecule has 2 heteroatoms. The lowest BCUT2D eigenvalue weighted by atomic mass is 9.46. The van der Waals surface area contributed by atoms with Gasteiger partial charge in [-0.1, -0.05) is 39.8 Å². The number of hydrogen-bond acceptors (Lipinski definition) is 2. The minimum absolute atomic E-state index is 0.190. The van der Waals surface area contributed by atoms with Gasteiger partial charge in [-0.15, -0.1) is 6.58 Å². The van der Waals surface area contributed by atoms with E-state index < -0.39 is 11.7 Å². The van der Waals surface area contributed by atoms with Gasteiger partial charge in [0, 0.05) is 0 Å². The first-order chi connectivity index (χ1) is 10.0. The molecule has 0 unspecified atom stereocenters. The molecule has 2 rings (SSSR count). The summed E-state index contributed by atoms with van der Waals surface area (Å²) in [7, 11) is 0. The lowest BCUT2D eigenvalue weighted by molar-refractivity contribution is -0.0868. The third kappa shape index (κ3) is 3.05. The monoisotopic (exact) mass is 306 g/mol. The molecule has 0 aromatic rings. The molecule has 0 aliphatic heterocycles. The molecule has 2 N–H and O–H groups in total. The van der Waals surface area contributed by atoms with E-state index in [-0.39, 0.29) is 16.7 Å². The summed E-state index contributed by atoms with van der Waals surface area (Å²) in [5, 5.41) is 20.8. The van der Waals surface area contributed by atoms with Gasteiger partial charge in [-0.2, -0.15) is 0 Å². The number of rotatable bonds is 4. The smallest absolute Gasteiger partial charge is 0.0797 e. The molecule has 0 aromatic carbocycles. The molecule has 0 bridgehead atoms. The maximum atomic E-state index is 10.5. The van der Waals surface area contributed by atoms with Crippen LogP contribution in [0.5, 0.6) is 0 Å². The van der Waals surface area contributed by atoms with Crippen LogP contribution in [0.3, 0.4) is 0 Å². The molecular formula is C20H34O2. The van der Waals surface area contributed by atoms with Crippen LogP contribution in [0.4, 0.5) is 0 Å². The van der Waals surface area contributed by atoms with Crippen LogP contribution in [0.2, 0.25) is 0 Å². The highest BCUT2D eigenvalue weighted by molar-refractivity contribution is 5.20. The Morgan fingerprint density at radius 1 is 1.32 bits per heavy atom. The molecule has 0 heterocycles. The van der Waals surface area contributed by atoms with Gasteiger partial charge in [0.15, 0.2) is 0 Å². The van der Waals surface area contributed by atoms with Crippen molar-refractivity contribution in [1.82, 2.24) is 0 Å². The normalized spacial score (nSPS) is 40.6. The number of fused-ring (bicyclic) bond motifs is 1.